The maximum Gasteiger partial charge on any atom is 0.136 e. The van der Waals surface area contributed by atoms with Gasteiger partial charge in [0, 0.05) is 16.3 Å². The number of fused-ring (bicyclic) bond motifs is 7. The van der Waals surface area contributed by atoms with Crippen LogP contribution in [0, 0.1) is 11.6 Å². The van der Waals surface area contributed by atoms with E-state index in [-0.39, 0.29) is 5.56 Å². The predicted octanol–water partition coefficient (Wildman–Crippen LogP) is 15.1. The fourth-order valence-corrected chi connectivity index (χ4v) is 8.97. The molecule has 11 rings (SSSR count). The Hall–Kier alpha value is -7.10. The molecule has 1 aromatic heterocycles. The topological polar surface area (TPSA) is 13.1 Å². The molecule has 0 N–H and O–H groups in total. The first-order valence-corrected chi connectivity index (χ1v) is 18.5. The lowest BCUT2D eigenvalue weighted by Crippen LogP contribution is -1.95. The van der Waals surface area contributed by atoms with Crippen molar-refractivity contribution in [2.24, 2.45) is 0 Å². The molecule has 0 radical (unpaired) electrons. The standard InChI is InChI=1S/C52H30F2O/c53-43-25-13-26-44(54)52(43)51-39-22-10-6-18-35(39)48(36-19-7-11-23-40(36)51)32-28-29-41-46(30-32)55-45-27-12-24-42(50(41)45)49-37-20-8-4-16-33(37)47(31-14-2-1-3-15-31)34-17-5-9-21-38(34)49/h1-30H. The van der Waals surface area contributed by atoms with Gasteiger partial charge in [-0.3, -0.25) is 0 Å². The molecule has 0 atom stereocenters. The fraction of sp³-hybridized carbons (Fsp3) is 0. The van der Waals surface area contributed by atoms with Crippen molar-refractivity contribution in [1.82, 2.24) is 0 Å². The lowest BCUT2D eigenvalue weighted by molar-refractivity contribution is 0.590. The summed E-state index contributed by atoms with van der Waals surface area (Å²) in [6.07, 6.45) is 0. The molecule has 10 aromatic carbocycles. The van der Waals surface area contributed by atoms with Crippen molar-refractivity contribution >= 4 is 65.0 Å². The van der Waals surface area contributed by atoms with Gasteiger partial charge in [0.1, 0.15) is 22.8 Å². The van der Waals surface area contributed by atoms with Gasteiger partial charge in [0.15, 0.2) is 0 Å². The van der Waals surface area contributed by atoms with E-state index in [2.05, 4.69) is 109 Å². The van der Waals surface area contributed by atoms with Crippen LogP contribution in [0.25, 0.3) is 110 Å². The molecule has 258 valence electrons. The zero-order chi connectivity index (χ0) is 36.6. The predicted molar refractivity (Wildman–Crippen MR) is 225 cm³/mol. The Labute approximate surface area is 315 Å². The van der Waals surface area contributed by atoms with E-state index < -0.39 is 11.6 Å². The van der Waals surface area contributed by atoms with E-state index in [1.54, 1.807) is 0 Å². The Bertz CT molecular complexity index is 3210. The van der Waals surface area contributed by atoms with Crippen LogP contribution >= 0.6 is 0 Å². The Morgan fingerprint density at radius 1 is 0.291 bits per heavy atom. The average molecular weight is 709 g/mol. The van der Waals surface area contributed by atoms with E-state index in [1.807, 2.05) is 54.6 Å². The summed E-state index contributed by atoms with van der Waals surface area (Å²) < 4.78 is 37.7. The SMILES string of the molecule is Fc1cccc(F)c1-c1c2ccccc2c(-c2ccc3c(c2)oc2cccc(-c4c5ccccc5c(-c5ccccc5)c5ccccc45)c23)c2ccccc12. The molecule has 0 aliphatic carbocycles. The minimum atomic E-state index is -0.585. The molecule has 11 aromatic rings. The zero-order valence-corrected chi connectivity index (χ0v) is 29.5. The van der Waals surface area contributed by atoms with E-state index in [4.69, 9.17) is 4.42 Å². The number of hydrogen-bond acceptors (Lipinski definition) is 1. The molecule has 1 nitrogen and oxygen atoms in total. The quantitative estimate of drug-likeness (QED) is 0.166. The van der Waals surface area contributed by atoms with Gasteiger partial charge in [0.05, 0.1) is 5.56 Å². The van der Waals surface area contributed by atoms with Crippen LogP contribution in [-0.2, 0) is 0 Å². The first-order valence-electron chi connectivity index (χ1n) is 18.5. The van der Waals surface area contributed by atoms with Crippen LogP contribution in [0.2, 0.25) is 0 Å². The summed E-state index contributed by atoms with van der Waals surface area (Å²) in [4.78, 5) is 0. The highest BCUT2D eigenvalue weighted by atomic mass is 19.1. The molecule has 3 heteroatoms. The van der Waals surface area contributed by atoms with Crippen molar-refractivity contribution in [2.75, 3.05) is 0 Å². The van der Waals surface area contributed by atoms with Crippen molar-refractivity contribution in [2.45, 2.75) is 0 Å². The third-order valence-electron chi connectivity index (χ3n) is 11.2. The van der Waals surface area contributed by atoms with Crippen LogP contribution in [-0.4, -0.2) is 0 Å². The van der Waals surface area contributed by atoms with Crippen molar-refractivity contribution in [1.29, 1.82) is 0 Å². The summed E-state index contributed by atoms with van der Waals surface area (Å²) in [6, 6.07) is 60.7. The number of furan rings is 1. The molecule has 55 heavy (non-hydrogen) atoms. The van der Waals surface area contributed by atoms with E-state index in [0.717, 1.165) is 60.2 Å². The minimum absolute atomic E-state index is 0.0152. The van der Waals surface area contributed by atoms with Gasteiger partial charge in [0.2, 0.25) is 0 Å². The van der Waals surface area contributed by atoms with E-state index in [1.165, 1.54) is 56.4 Å². The first kappa shape index (κ1) is 31.4. The molecule has 0 fully saturated rings. The highest BCUT2D eigenvalue weighted by Gasteiger charge is 2.23. The van der Waals surface area contributed by atoms with Gasteiger partial charge < -0.3 is 4.42 Å². The molecular formula is C52H30F2O. The number of hydrogen-bond donors (Lipinski definition) is 0. The average Bonchev–Trinajstić information content (AvgIpc) is 3.61. The lowest BCUT2D eigenvalue weighted by atomic mass is 9.84. The summed E-state index contributed by atoms with van der Waals surface area (Å²) >= 11 is 0. The monoisotopic (exact) mass is 708 g/mol. The van der Waals surface area contributed by atoms with Gasteiger partial charge in [-0.2, -0.15) is 0 Å². The number of benzene rings is 10. The highest BCUT2D eigenvalue weighted by Crippen LogP contribution is 2.49. The van der Waals surface area contributed by atoms with Crippen molar-refractivity contribution in [3.8, 4) is 44.5 Å². The van der Waals surface area contributed by atoms with Gasteiger partial charge in [-0.1, -0.05) is 152 Å². The maximum absolute atomic E-state index is 15.5. The molecule has 1 heterocycles. The van der Waals surface area contributed by atoms with Crippen LogP contribution < -0.4 is 0 Å². The summed E-state index contributed by atoms with van der Waals surface area (Å²) in [7, 11) is 0. The minimum Gasteiger partial charge on any atom is -0.456 e. The molecule has 0 aliphatic rings. The van der Waals surface area contributed by atoms with Crippen molar-refractivity contribution < 1.29 is 13.2 Å². The molecule has 0 unspecified atom stereocenters. The summed E-state index contributed by atoms with van der Waals surface area (Å²) in [6.45, 7) is 0. The van der Waals surface area contributed by atoms with Gasteiger partial charge in [0.25, 0.3) is 0 Å². The van der Waals surface area contributed by atoms with Crippen molar-refractivity contribution in [3.63, 3.8) is 0 Å². The highest BCUT2D eigenvalue weighted by molar-refractivity contribution is 6.26. The molecule has 0 saturated heterocycles. The van der Waals surface area contributed by atoms with E-state index >= 15 is 8.78 Å². The van der Waals surface area contributed by atoms with Crippen LogP contribution in [0.4, 0.5) is 8.78 Å². The van der Waals surface area contributed by atoms with Gasteiger partial charge in [-0.15, -0.1) is 0 Å². The first-order chi connectivity index (χ1) is 27.2. The molecule has 0 spiro atoms. The summed E-state index contributed by atoms with van der Waals surface area (Å²) in [5.41, 5.74) is 8.78. The zero-order valence-electron chi connectivity index (χ0n) is 29.5. The van der Waals surface area contributed by atoms with E-state index in [9.17, 15) is 0 Å². The fourth-order valence-electron chi connectivity index (χ4n) is 8.97. The second kappa shape index (κ2) is 12.2. The summed E-state index contributed by atoms with van der Waals surface area (Å²) in [5, 5.41) is 10.2. The molecule has 0 amide bonds. The normalized spacial score (nSPS) is 11.8. The summed E-state index contributed by atoms with van der Waals surface area (Å²) in [5.74, 6) is -1.17. The molecular weight excluding hydrogens is 679 g/mol. The van der Waals surface area contributed by atoms with Crippen molar-refractivity contribution in [3.05, 3.63) is 194 Å². The Balaban J connectivity index is 1.18. The number of halogens is 2. The molecule has 0 bridgehead atoms. The van der Waals surface area contributed by atoms with Gasteiger partial charge in [-0.25, -0.2) is 8.78 Å². The Kier molecular flexibility index (Phi) is 6.99. The van der Waals surface area contributed by atoms with Crippen LogP contribution in [0.3, 0.4) is 0 Å². The van der Waals surface area contributed by atoms with Crippen LogP contribution in [0.15, 0.2) is 186 Å². The smallest absolute Gasteiger partial charge is 0.136 e. The van der Waals surface area contributed by atoms with Gasteiger partial charge in [-0.05, 0) is 107 Å². The van der Waals surface area contributed by atoms with Gasteiger partial charge >= 0.3 is 0 Å². The largest absolute Gasteiger partial charge is 0.456 e. The Morgan fingerprint density at radius 3 is 1.29 bits per heavy atom. The lowest BCUT2D eigenvalue weighted by Gasteiger charge is -2.18. The molecule has 0 saturated carbocycles. The third kappa shape index (κ3) is 4.70. The second-order valence-electron chi connectivity index (χ2n) is 14.1. The van der Waals surface area contributed by atoms with Crippen LogP contribution in [0.1, 0.15) is 0 Å². The Morgan fingerprint density at radius 2 is 0.745 bits per heavy atom. The second-order valence-corrected chi connectivity index (χ2v) is 14.1. The third-order valence-corrected chi connectivity index (χ3v) is 11.2. The van der Waals surface area contributed by atoms with Crippen LogP contribution in [0.5, 0.6) is 0 Å². The maximum atomic E-state index is 15.5. The molecule has 0 aliphatic heterocycles. The van der Waals surface area contributed by atoms with E-state index in [0.29, 0.717) is 5.56 Å². The number of rotatable bonds is 4.